The number of H-pyrrole nitrogens is 1. The zero-order chi connectivity index (χ0) is 14.2. The zero-order valence-electron chi connectivity index (χ0n) is 11.1. The average molecular weight is 274 g/mol. The number of halogens is 1. The van der Waals surface area contributed by atoms with Gasteiger partial charge in [0.15, 0.2) is 0 Å². The minimum absolute atomic E-state index is 0.0655. The Hall–Kier alpha value is -2.24. The Kier molecular flexibility index (Phi) is 3.00. The Balaban J connectivity index is 1.87. The van der Waals surface area contributed by atoms with Gasteiger partial charge in [0.05, 0.1) is 11.1 Å². The first-order valence-corrected chi connectivity index (χ1v) is 6.56. The van der Waals surface area contributed by atoms with Crippen molar-refractivity contribution in [2.75, 3.05) is 0 Å². The molecular formula is C14H15FN4O. The van der Waals surface area contributed by atoms with Crippen LogP contribution in [-0.4, -0.2) is 21.1 Å². The molecule has 1 aromatic carbocycles. The van der Waals surface area contributed by atoms with Gasteiger partial charge in [-0.2, -0.15) is 5.10 Å². The predicted octanol–water partition coefficient (Wildman–Crippen LogP) is 2.06. The highest BCUT2D eigenvalue weighted by molar-refractivity contribution is 5.95. The molecule has 0 radical (unpaired) electrons. The highest BCUT2D eigenvalue weighted by Crippen LogP contribution is 2.39. The predicted molar refractivity (Wildman–Crippen MR) is 70.5 cm³/mol. The molecule has 2 N–H and O–H groups in total. The molecule has 1 saturated carbocycles. The monoisotopic (exact) mass is 274 g/mol. The summed E-state index contributed by atoms with van der Waals surface area (Å²) < 4.78 is 14.0. The van der Waals surface area contributed by atoms with Gasteiger partial charge in [-0.05, 0) is 37.8 Å². The maximum absolute atomic E-state index is 14.0. The van der Waals surface area contributed by atoms with Gasteiger partial charge in [0.2, 0.25) is 0 Å². The fraction of sp³-hybridized carbons (Fsp3) is 0.357. The van der Waals surface area contributed by atoms with E-state index in [1.807, 2.05) is 0 Å². The zero-order valence-corrected chi connectivity index (χ0v) is 11.1. The van der Waals surface area contributed by atoms with Crippen molar-refractivity contribution in [1.82, 2.24) is 20.5 Å². The van der Waals surface area contributed by atoms with Crippen molar-refractivity contribution < 1.29 is 9.18 Å². The van der Waals surface area contributed by atoms with E-state index in [2.05, 4.69) is 20.5 Å². The lowest BCUT2D eigenvalue weighted by Gasteiger charge is -2.40. The molecule has 0 bridgehead atoms. The molecule has 5 nitrogen and oxygen atoms in total. The van der Waals surface area contributed by atoms with Crippen LogP contribution < -0.4 is 5.32 Å². The summed E-state index contributed by atoms with van der Waals surface area (Å²) in [6.07, 6.45) is 3.97. The number of nitrogens with one attached hydrogen (secondary N) is 2. The second-order valence-corrected chi connectivity index (χ2v) is 5.16. The molecule has 3 rings (SSSR count). The van der Waals surface area contributed by atoms with Crippen molar-refractivity contribution in [2.24, 2.45) is 0 Å². The van der Waals surface area contributed by atoms with Crippen LogP contribution in [0.15, 0.2) is 24.5 Å². The third kappa shape index (κ3) is 1.97. The summed E-state index contributed by atoms with van der Waals surface area (Å²) in [4.78, 5) is 16.4. The van der Waals surface area contributed by atoms with E-state index in [4.69, 9.17) is 0 Å². The summed E-state index contributed by atoms with van der Waals surface area (Å²) >= 11 is 0. The van der Waals surface area contributed by atoms with Gasteiger partial charge in [-0.25, -0.2) is 9.37 Å². The normalized spacial score (nSPS) is 16.5. The number of aromatic amines is 1. The number of hydrogen-bond donors (Lipinski definition) is 2. The van der Waals surface area contributed by atoms with Gasteiger partial charge in [-0.1, -0.05) is 12.1 Å². The summed E-state index contributed by atoms with van der Waals surface area (Å²) in [5, 5.41) is 9.52. The minimum atomic E-state index is -0.538. The molecule has 0 spiro atoms. The number of hydrogen-bond acceptors (Lipinski definition) is 3. The standard InChI is InChI=1S/C14H15FN4O/c1-9-4-2-5-10(11(9)15)12(20)18-14(6-3-7-14)13-16-8-17-19-13/h2,4-5,8H,3,6-7H2,1H3,(H,18,20)(H,16,17,19). The molecule has 104 valence electrons. The Morgan fingerprint density at radius 2 is 2.25 bits per heavy atom. The second kappa shape index (κ2) is 4.70. The van der Waals surface area contributed by atoms with Crippen molar-refractivity contribution >= 4 is 5.91 Å². The van der Waals surface area contributed by atoms with Gasteiger partial charge >= 0.3 is 0 Å². The molecule has 1 fully saturated rings. The average Bonchev–Trinajstić information content (AvgIpc) is 2.91. The minimum Gasteiger partial charge on any atom is -0.339 e. The van der Waals surface area contributed by atoms with E-state index in [0.29, 0.717) is 11.4 Å². The largest absolute Gasteiger partial charge is 0.339 e. The molecule has 0 saturated heterocycles. The van der Waals surface area contributed by atoms with E-state index in [0.717, 1.165) is 19.3 Å². The van der Waals surface area contributed by atoms with E-state index in [-0.39, 0.29) is 5.56 Å². The summed E-state index contributed by atoms with van der Waals surface area (Å²) in [5.74, 6) is -0.260. The Morgan fingerprint density at radius 3 is 2.85 bits per heavy atom. The summed E-state index contributed by atoms with van der Waals surface area (Å²) in [6.45, 7) is 1.64. The number of benzene rings is 1. The van der Waals surface area contributed by atoms with Crippen molar-refractivity contribution in [3.63, 3.8) is 0 Å². The second-order valence-electron chi connectivity index (χ2n) is 5.16. The fourth-order valence-electron chi connectivity index (χ4n) is 2.49. The molecule has 0 atom stereocenters. The number of aryl methyl sites for hydroxylation is 1. The SMILES string of the molecule is Cc1cccc(C(=O)NC2(c3ncn[nH]3)CCC2)c1F. The summed E-state index contributed by atoms with van der Waals surface area (Å²) in [6, 6.07) is 4.81. The van der Waals surface area contributed by atoms with Gasteiger partial charge in [-0.15, -0.1) is 0 Å². The number of carbonyl (C=O) groups excluding carboxylic acids is 1. The maximum atomic E-state index is 14.0. The molecule has 0 aliphatic heterocycles. The van der Waals surface area contributed by atoms with E-state index in [9.17, 15) is 9.18 Å². The molecule has 1 heterocycles. The summed E-state index contributed by atoms with van der Waals surface area (Å²) in [5.41, 5.74) is -0.0141. The molecule has 1 amide bonds. The Morgan fingerprint density at radius 1 is 1.45 bits per heavy atom. The highest BCUT2D eigenvalue weighted by atomic mass is 19.1. The molecule has 6 heteroatoms. The lowest BCUT2D eigenvalue weighted by molar-refractivity contribution is 0.0805. The fourth-order valence-corrected chi connectivity index (χ4v) is 2.49. The molecule has 0 unspecified atom stereocenters. The third-order valence-electron chi connectivity index (χ3n) is 3.86. The van der Waals surface area contributed by atoms with Crippen molar-refractivity contribution in [3.05, 3.63) is 47.3 Å². The molecule has 20 heavy (non-hydrogen) atoms. The van der Waals surface area contributed by atoms with Crippen LogP contribution in [0.4, 0.5) is 4.39 Å². The van der Waals surface area contributed by atoms with Gasteiger partial charge in [0.25, 0.3) is 5.91 Å². The lowest BCUT2D eigenvalue weighted by Crippen LogP contribution is -2.51. The first-order valence-electron chi connectivity index (χ1n) is 6.56. The number of carbonyl (C=O) groups is 1. The van der Waals surface area contributed by atoms with Crippen molar-refractivity contribution in [3.8, 4) is 0 Å². The molecule has 1 aliphatic rings. The maximum Gasteiger partial charge on any atom is 0.255 e. The van der Waals surface area contributed by atoms with E-state index >= 15 is 0 Å². The number of nitrogens with zero attached hydrogens (tertiary/aromatic N) is 2. The van der Waals surface area contributed by atoms with E-state index in [1.54, 1.807) is 19.1 Å². The number of rotatable bonds is 3. The van der Waals surface area contributed by atoms with Gasteiger partial charge in [0, 0.05) is 0 Å². The third-order valence-corrected chi connectivity index (χ3v) is 3.86. The molecule has 2 aromatic rings. The van der Waals surface area contributed by atoms with Crippen LogP contribution in [0, 0.1) is 12.7 Å². The smallest absolute Gasteiger partial charge is 0.255 e. The molecule has 1 aliphatic carbocycles. The van der Waals surface area contributed by atoms with Crippen LogP contribution >= 0.6 is 0 Å². The first-order chi connectivity index (χ1) is 9.62. The van der Waals surface area contributed by atoms with Crippen LogP contribution in [0.5, 0.6) is 0 Å². The van der Waals surface area contributed by atoms with Crippen LogP contribution in [0.25, 0.3) is 0 Å². The summed E-state index contributed by atoms with van der Waals surface area (Å²) in [7, 11) is 0. The van der Waals surface area contributed by atoms with Crippen LogP contribution in [0.3, 0.4) is 0 Å². The lowest BCUT2D eigenvalue weighted by atomic mass is 9.76. The van der Waals surface area contributed by atoms with Gasteiger partial charge in [0.1, 0.15) is 18.0 Å². The van der Waals surface area contributed by atoms with Gasteiger partial charge < -0.3 is 5.32 Å². The molecular weight excluding hydrogens is 259 g/mol. The quantitative estimate of drug-likeness (QED) is 0.900. The highest BCUT2D eigenvalue weighted by Gasteiger charge is 2.43. The van der Waals surface area contributed by atoms with Gasteiger partial charge in [-0.3, -0.25) is 9.89 Å². The van der Waals surface area contributed by atoms with E-state index in [1.165, 1.54) is 12.4 Å². The van der Waals surface area contributed by atoms with Crippen molar-refractivity contribution in [2.45, 2.75) is 31.7 Å². The number of aromatic nitrogens is 3. The topological polar surface area (TPSA) is 70.7 Å². The Labute approximate surface area is 115 Å². The Bertz CT molecular complexity index is 635. The van der Waals surface area contributed by atoms with E-state index < -0.39 is 17.3 Å². The van der Waals surface area contributed by atoms with Crippen LogP contribution in [0.2, 0.25) is 0 Å². The molecule has 1 aromatic heterocycles. The van der Waals surface area contributed by atoms with Crippen molar-refractivity contribution in [1.29, 1.82) is 0 Å². The van der Waals surface area contributed by atoms with Crippen LogP contribution in [-0.2, 0) is 5.54 Å². The van der Waals surface area contributed by atoms with Crippen LogP contribution in [0.1, 0.15) is 41.0 Å². The first kappa shape index (κ1) is 12.8. The number of amides is 1.